The van der Waals surface area contributed by atoms with Gasteiger partial charge in [0, 0.05) is 18.2 Å². The minimum Gasteiger partial charge on any atom is -0.496 e. The van der Waals surface area contributed by atoms with Gasteiger partial charge in [-0.1, -0.05) is 6.07 Å². The molecule has 0 bridgehead atoms. The molecule has 2 aliphatic rings. The molecule has 0 radical (unpaired) electrons. The highest BCUT2D eigenvalue weighted by Crippen LogP contribution is 2.43. The standard InChI is InChI=1S/C21H21N3O4/c1-25-16-4-3-5-17(26-2)19(16)20-14-8-9-22-21(14)24(23-20)13-6-7-15-18(12-13)28-11-10-27-15/h3-7,12,22H,8-11H2,1-2H3. The molecule has 5 rings (SSSR count). The van der Waals surface area contributed by atoms with Crippen molar-refractivity contribution in [3.8, 4) is 39.9 Å². The summed E-state index contributed by atoms with van der Waals surface area (Å²) >= 11 is 0. The lowest BCUT2D eigenvalue weighted by atomic mass is 10.0. The molecule has 2 aromatic carbocycles. The number of aromatic nitrogens is 2. The maximum absolute atomic E-state index is 5.74. The van der Waals surface area contributed by atoms with E-state index in [0.717, 1.165) is 64.3 Å². The Balaban J connectivity index is 1.68. The monoisotopic (exact) mass is 379 g/mol. The normalized spacial score (nSPS) is 14.4. The summed E-state index contributed by atoms with van der Waals surface area (Å²) < 4.78 is 24.5. The second kappa shape index (κ2) is 6.67. The zero-order valence-electron chi connectivity index (χ0n) is 15.8. The number of nitrogens with one attached hydrogen (secondary N) is 1. The van der Waals surface area contributed by atoms with Crippen LogP contribution in [0.15, 0.2) is 36.4 Å². The summed E-state index contributed by atoms with van der Waals surface area (Å²) in [4.78, 5) is 0. The van der Waals surface area contributed by atoms with Gasteiger partial charge in [-0.05, 0) is 30.7 Å². The molecule has 0 amide bonds. The summed E-state index contributed by atoms with van der Waals surface area (Å²) in [6.07, 6.45) is 0.885. The molecule has 0 saturated heterocycles. The van der Waals surface area contributed by atoms with Crippen LogP contribution in [0.4, 0.5) is 5.82 Å². The average molecular weight is 379 g/mol. The minimum atomic E-state index is 0.551. The number of nitrogens with zero attached hydrogens (tertiary/aromatic N) is 2. The molecule has 28 heavy (non-hydrogen) atoms. The Hall–Kier alpha value is -3.35. The Bertz CT molecular complexity index is 1020. The Labute approximate surface area is 162 Å². The summed E-state index contributed by atoms with van der Waals surface area (Å²) in [5, 5.41) is 8.40. The van der Waals surface area contributed by atoms with Crippen molar-refractivity contribution in [1.29, 1.82) is 0 Å². The van der Waals surface area contributed by atoms with Crippen molar-refractivity contribution < 1.29 is 18.9 Å². The van der Waals surface area contributed by atoms with Crippen molar-refractivity contribution in [2.45, 2.75) is 6.42 Å². The van der Waals surface area contributed by atoms with Crippen molar-refractivity contribution in [3.63, 3.8) is 0 Å². The van der Waals surface area contributed by atoms with Gasteiger partial charge in [-0.3, -0.25) is 0 Å². The van der Waals surface area contributed by atoms with Crippen molar-refractivity contribution >= 4 is 5.82 Å². The molecule has 0 spiro atoms. The lowest BCUT2D eigenvalue weighted by Crippen LogP contribution is -2.15. The third kappa shape index (κ3) is 2.54. The van der Waals surface area contributed by atoms with Gasteiger partial charge in [-0.2, -0.15) is 5.10 Å². The molecule has 1 aromatic heterocycles. The van der Waals surface area contributed by atoms with Crippen LogP contribution in [0, 0.1) is 0 Å². The predicted molar refractivity (Wildman–Crippen MR) is 105 cm³/mol. The number of methoxy groups -OCH3 is 2. The summed E-state index contributed by atoms with van der Waals surface area (Å²) in [6.45, 7) is 1.99. The van der Waals surface area contributed by atoms with Crippen molar-refractivity contribution in [3.05, 3.63) is 42.0 Å². The van der Waals surface area contributed by atoms with Gasteiger partial charge in [0.2, 0.25) is 0 Å². The van der Waals surface area contributed by atoms with Gasteiger partial charge in [0.05, 0.1) is 25.5 Å². The van der Waals surface area contributed by atoms with E-state index >= 15 is 0 Å². The van der Waals surface area contributed by atoms with E-state index in [2.05, 4.69) is 5.32 Å². The second-order valence-corrected chi connectivity index (χ2v) is 6.63. The molecule has 144 valence electrons. The van der Waals surface area contributed by atoms with E-state index in [-0.39, 0.29) is 0 Å². The smallest absolute Gasteiger partial charge is 0.163 e. The van der Waals surface area contributed by atoms with Crippen LogP contribution in [0.3, 0.4) is 0 Å². The number of ether oxygens (including phenoxy) is 4. The maximum Gasteiger partial charge on any atom is 0.163 e. The van der Waals surface area contributed by atoms with Gasteiger partial charge in [-0.15, -0.1) is 0 Å². The fraction of sp³-hybridized carbons (Fsp3) is 0.286. The molecule has 7 heteroatoms. The van der Waals surface area contributed by atoms with Crippen LogP contribution in [-0.4, -0.2) is 43.8 Å². The van der Waals surface area contributed by atoms with E-state index in [4.69, 9.17) is 24.0 Å². The van der Waals surface area contributed by atoms with Gasteiger partial charge < -0.3 is 24.3 Å². The number of benzene rings is 2. The molecular weight excluding hydrogens is 358 g/mol. The van der Waals surface area contributed by atoms with E-state index in [9.17, 15) is 0 Å². The molecule has 3 aromatic rings. The van der Waals surface area contributed by atoms with E-state index in [1.807, 2.05) is 41.1 Å². The van der Waals surface area contributed by atoms with Crippen LogP contribution >= 0.6 is 0 Å². The Morgan fingerprint density at radius 1 is 1.00 bits per heavy atom. The molecule has 7 nitrogen and oxygen atoms in total. The van der Waals surface area contributed by atoms with E-state index in [1.165, 1.54) is 0 Å². The predicted octanol–water partition coefficient (Wildman–Crippen LogP) is 3.30. The Morgan fingerprint density at radius 2 is 1.75 bits per heavy atom. The molecule has 1 N–H and O–H groups in total. The molecule has 0 atom stereocenters. The lowest BCUT2D eigenvalue weighted by Gasteiger charge is -2.19. The lowest BCUT2D eigenvalue weighted by molar-refractivity contribution is 0.171. The van der Waals surface area contributed by atoms with Crippen LogP contribution in [0.5, 0.6) is 23.0 Å². The Morgan fingerprint density at radius 3 is 2.50 bits per heavy atom. The van der Waals surface area contributed by atoms with Crippen LogP contribution in [0.2, 0.25) is 0 Å². The largest absolute Gasteiger partial charge is 0.496 e. The highest BCUT2D eigenvalue weighted by atomic mass is 16.6. The van der Waals surface area contributed by atoms with E-state index in [1.54, 1.807) is 14.2 Å². The first kappa shape index (κ1) is 16.8. The van der Waals surface area contributed by atoms with Crippen LogP contribution in [-0.2, 0) is 6.42 Å². The second-order valence-electron chi connectivity index (χ2n) is 6.63. The number of hydrogen-bond acceptors (Lipinski definition) is 6. The topological polar surface area (TPSA) is 66.8 Å². The fourth-order valence-electron chi connectivity index (χ4n) is 3.81. The highest BCUT2D eigenvalue weighted by Gasteiger charge is 2.28. The van der Waals surface area contributed by atoms with Crippen molar-refractivity contribution in [2.75, 3.05) is 39.3 Å². The van der Waals surface area contributed by atoms with Gasteiger partial charge >= 0.3 is 0 Å². The Kier molecular flexibility index (Phi) is 4.00. The maximum atomic E-state index is 5.74. The summed E-state index contributed by atoms with van der Waals surface area (Å²) in [6, 6.07) is 11.6. The summed E-state index contributed by atoms with van der Waals surface area (Å²) in [7, 11) is 3.32. The number of hydrogen-bond donors (Lipinski definition) is 1. The first-order valence-corrected chi connectivity index (χ1v) is 9.27. The highest BCUT2D eigenvalue weighted by molar-refractivity contribution is 5.81. The van der Waals surface area contributed by atoms with Gasteiger partial charge in [-0.25, -0.2) is 4.68 Å². The zero-order valence-corrected chi connectivity index (χ0v) is 15.8. The molecule has 0 unspecified atom stereocenters. The SMILES string of the molecule is COc1cccc(OC)c1-c1nn(-c2ccc3c(c2)OCCO3)c2c1CCN2. The first-order valence-electron chi connectivity index (χ1n) is 9.27. The molecule has 0 saturated carbocycles. The number of anilines is 1. The van der Waals surface area contributed by atoms with Gasteiger partial charge in [0.1, 0.15) is 36.2 Å². The van der Waals surface area contributed by atoms with E-state index < -0.39 is 0 Å². The summed E-state index contributed by atoms with van der Waals surface area (Å²) in [5.41, 5.74) is 3.79. The number of fused-ring (bicyclic) bond motifs is 2. The van der Waals surface area contributed by atoms with Gasteiger partial charge in [0.15, 0.2) is 11.5 Å². The average Bonchev–Trinajstić information content (AvgIpc) is 3.35. The van der Waals surface area contributed by atoms with E-state index in [0.29, 0.717) is 13.2 Å². The summed E-state index contributed by atoms with van der Waals surface area (Å²) in [5.74, 6) is 3.96. The van der Waals surface area contributed by atoms with Crippen LogP contribution in [0.25, 0.3) is 16.9 Å². The zero-order chi connectivity index (χ0) is 19.1. The van der Waals surface area contributed by atoms with Crippen LogP contribution in [0.1, 0.15) is 5.56 Å². The quantitative estimate of drug-likeness (QED) is 0.750. The molecule has 0 aliphatic carbocycles. The molecule has 0 fully saturated rings. The molecular formula is C21H21N3O4. The number of rotatable bonds is 4. The minimum absolute atomic E-state index is 0.551. The fourth-order valence-corrected chi connectivity index (χ4v) is 3.81. The van der Waals surface area contributed by atoms with Crippen molar-refractivity contribution in [1.82, 2.24) is 9.78 Å². The van der Waals surface area contributed by atoms with Gasteiger partial charge in [0.25, 0.3) is 0 Å². The van der Waals surface area contributed by atoms with Crippen LogP contribution < -0.4 is 24.3 Å². The third-order valence-corrected chi connectivity index (χ3v) is 5.09. The molecule has 3 heterocycles. The molecule has 2 aliphatic heterocycles. The third-order valence-electron chi connectivity index (χ3n) is 5.09. The van der Waals surface area contributed by atoms with Crippen molar-refractivity contribution in [2.24, 2.45) is 0 Å². The first-order chi connectivity index (χ1) is 13.8.